The van der Waals surface area contributed by atoms with Crippen molar-refractivity contribution in [2.24, 2.45) is 0 Å². The van der Waals surface area contributed by atoms with Crippen molar-refractivity contribution >= 4 is 23.4 Å². The summed E-state index contributed by atoms with van der Waals surface area (Å²) in [7, 11) is 0. The summed E-state index contributed by atoms with van der Waals surface area (Å²) in [5, 5.41) is 21.6. The molecular formula is C21H17FNO5-. The Kier molecular flexibility index (Phi) is 5.26. The first-order valence-electron chi connectivity index (χ1n) is 8.60. The standard InChI is InChI=1S/C21H18FNO5/c1-12-2-4-14(5-3-12)19(26)17-18(13-6-8-15(22)9-7-13)23(11-10-16(24)25)21(28)20(17)27/h2-9,18,26H,10-11H2,1H3,(H,24,25)/p-1/t18-/m1/s1. The molecule has 1 heterocycles. The quantitative estimate of drug-likeness (QED) is 0.482. The van der Waals surface area contributed by atoms with E-state index in [1.807, 2.05) is 6.92 Å². The molecule has 28 heavy (non-hydrogen) atoms. The summed E-state index contributed by atoms with van der Waals surface area (Å²) in [6.45, 7) is 1.58. The third-order valence-corrected chi connectivity index (χ3v) is 4.61. The minimum Gasteiger partial charge on any atom is -0.550 e. The number of aliphatic hydroxyl groups is 1. The van der Waals surface area contributed by atoms with Gasteiger partial charge in [0.1, 0.15) is 11.6 Å². The van der Waals surface area contributed by atoms with E-state index >= 15 is 0 Å². The van der Waals surface area contributed by atoms with Crippen molar-refractivity contribution in [1.29, 1.82) is 0 Å². The molecule has 0 spiro atoms. The molecule has 0 aliphatic carbocycles. The molecule has 0 bridgehead atoms. The van der Waals surface area contributed by atoms with E-state index in [0.29, 0.717) is 11.1 Å². The minimum absolute atomic E-state index is 0.168. The van der Waals surface area contributed by atoms with Crippen molar-refractivity contribution in [3.05, 3.63) is 76.6 Å². The normalized spacial score (nSPS) is 18.5. The molecule has 0 saturated carbocycles. The van der Waals surface area contributed by atoms with Gasteiger partial charge in [0.15, 0.2) is 0 Å². The highest BCUT2D eigenvalue weighted by Gasteiger charge is 2.45. The summed E-state index contributed by atoms with van der Waals surface area (Å²) in [4.78, 5) is 37.1. The van der Waals surface area contributed by atoms with Gasteiger partial charge in [-0.05, 0) is 24.6 Å². The molecule has 2 aromatic carbocycles. The van der Waals surface area contributed by atoms with Crippen LogP contribution in [0.25, 0.3) is 5.76 Å². The third-order valence-electron chi connectivity index (χ3n) is 4.61. The van der Waals surface area contributed by atoms with E-state index in [9.17, 15) is 29.0 Å². The maximum absolute atomic E-state index is 13.3. The lowest BCUT2D eigenvalue weighted by Gasteiger charge is -2.25. The molecule has 7 heteroatoms. The zero-order chi connectivity index (χ0) is 20.4. The molecule has 1 saturated heterocycles. The van der Waals surface area contributed by atoms with E-state index in [0.717, 1.165) is 10.5 Å². The zero-order valence-electron chi connectivity index (χ0n) is 15.0. The molecular weight excluding hydrogens is 365 g/mol. The average Bonchev–Trinajstić information content (AvgIpc) is 2.91. The fraction of sp³-hybridized carbons (Fsp3) is 0.190. The number of carboxylic acids is 1. The highest BCUT2D eigenvalue weighted by atomic mass is 19.1. The first kappa shape index (κ1) is 19.3. The summed E-state index contributed by atoms with van der Waals surface area (Å²) < 4.78 is 13.3. The molecule has 1 amide bonds. The number of benzene rings is 2. The number of carbonyl (C=O) groups excluding carboxylic acids is 3. The Morgan fingerprint density at radius 1 is 1.11 bits per heavy atom. The Morgan fingerprint density at radius 3 is 2.29 bits per heavy atom. The molecule has 3 rings (SSSR count). The first-order chi connectivity index (χ1) is 13.3. The molecule has 0 aromatic heterocycles. The maximum Gasteiger partial charge on any atom is 0.295 e. The van der Waals surface area contributed by atoms with Crippen LogP contribution in [0, 0.1) is 12.7 Å². The summed E-state index contributed by atoms with van der Waals surface area (Å²) in [6.07, 6.45) is -0.477. The predicted molar refractivity (Wildman–Crippen MR) is 96.2 cm³/mol. The molecule has 144 valence electrons. The molecule has 1 atom stereocenters. The Labute approximate surface area is 160 Å². The Bertz CT molecular complexity index is 963. The number of nitrogens with zero attached hydrogens (tertiary/aromatic N) is 1. The number of likely N-dealkylation sites (tertiary alicyclic amines) is 1. The number of amides is 1. The van der Waals surface area contributed by atoms with Gasteiger partial charge >= 0.3 is 0 Å². The Hall–Kier alpha value is -3.48. The monoisotopic (exact) mass is 382 g/mol. The van der Waals surface area contributed by atoms with Gasteiger partial charge < -0.3 is 19.9 Å². The van der Waals surface area contributed by atoms with Crippen LogP contribution in [0.5, 0.6) is 0 Å². The van der Waals surface area contributed by atoms with Crippen LogP contribution in [0.3, 0.4) is 0 Å². The molecule has 6 nitrogen and oxygen atoms in total. The number of hydrogen-bond donors (Lipinski definition) is 1. The first-order valence-corrected chi connectivity index (χ1v) is 8.60. The van der Waals surface area contributed by atoms with Crippen molar-refractivity contribution in [2.45, 2.75) is 19.4 Å². The highest BCUT2D eigenvalue weighted by Crippen LogP contribution is 2.39. The number of carboxylic acid groups (broad SMARTS) is 1. The van der Waals surface area contributed by atoms with Crippen LogP contribution in [0.2, 0.25) is 0 Å². The lowest BCUT2D eigenvalue weighted by molar-refractivity contribution is -0.305. The van der Waals surface area contributed by atoms with Gasteiger partial charge in [0, 0.05) is 24.5 Å². The van der Waals surface area contributed by atoms with Gasteiger partial charge in [0.05, 0.1) is 11.6 Å². The highest BCUT2D eigenvalue weighted by molar-refractivity contribution is 6.46. The number of aryl methyl sites for hydroxylation is 1. The third kappa shape index (κ3) is 3.64. The number of halogens is 1. The largest absolute Gasteiger partial charge is 0.550 e. The molecule has 0 unspecified atom stereocenters. The molecule has 1 N–H and O–H groups in total. The lowest BCUT2D eigenvalue weighted by Crippen LogP contribution is -2.34. The van der Waals surface area contributed by atoms with Crippen LogP contribution in [0.1, 0.15) is 29.2 Å². The number of aliphatic hydroxyl groups excluding tert-OH is 1. The second kappa shape index (κ2) is 7.64. The van der Waals surface area contributed by atoms with E-state index in [2.05, 4.69) is 0 Å². The molecule has 0 radical (unpaired) electrons. The van der Waals surface area contributed by atoms with E-state index in [-0.39, 0.29) is 17.9 Å². The van der Waals surface area contributed by atoms with Crippen LogP contribution in [0.15, 0.2) is 54.1 Å². The summed E-state index contributed by atoms with van der Waals surface area (Å²) in [5.41, 5.74) is 1.50. The van der Waals surface area contributed by atoms with Gasteiger partial charge in [-0.15, -0.1) is 0 Å². The van der Waals surface area contributed by atoms with Crippen molar-refractivity contribution in [1.82, 2.24) is 4.90 Å². The topological polar surface area (TPSA) is 97.7 Å². The summed E-state index contributed by atoms with van der Waals surface area (Å²) in [6, 6.07) is 10.8. The van der Waals surface area contributed by atoms with Crippen LogP contribution in [0.4, 0.5) is 4.39 Å². The Balaban J connectivity index is 2.14. The van der Waals surface area contributed by atoms with Gasteiger partial charge in [0.25, 0.3) is 11.7 Å². The molecule has 1 aliphatic heterocycles. The smallest absolute Gasteiger partial charge is 0.295 e. The van der Waals surface area contributed by atoms with Gasteiger partial charge in [-0.2, -0.15) is 0 Å². The molecule has 2 aromatic rings. The van der Waals surface area contributed by atoms with Gasteiger partial charge in [-0.25, -0.2) is 4.39 Å². The second-order valence-electron chi connectivity index (χ2n) is 6.53. The van der Waals surface area contributed by atoms with Crippen molar-refractivity contribution in [3.8, 4) is 0 Å². The van der Waals surface area contributed by atoms with E-state index in [1.54, 1.807) is 24.3 Å². The van der Waals surface area contributed by atoms with E-state index < -0.39 is 35.9 Å². The molecule has 1 fully saturated rings. The maximum atomic E-state index is 13.3. The fourth-order valence-electron chi connectivity index (χ4n) is 3.18. The van der Waals surface area contributed by atoms with Gasteiger partial charge in [-0.3, -0.25) is 9.59 Å². The number of rotatable bonds is 5. The van der Waals surface area contributed by atoms with Crippen LogP contribution in [-0.2, 0) is 14.4 Å². The van der Waals surface area contributed by atoms with Gasteiger partial charge in [0.2, 0.25) is 0 Å². The van der Waals surface area contributed by atoms with E-state index in [1.165, 1.54) is 24.3 Å². The van der Waals surface area contributed by atoms with Gasteiger partial charge in [-0.1, -0.05) is 42.0 Å². The van der Waals surface area contributed by atoms with Crippen molar-refractivity contribution in [2.75, 3.05) is 6.54 Å². The van der Waals surface area contributed by atoms with Crippen molar-refractivity contribution in [3.63, 3.8) is 0 Å². The Morgan fingerprint density at radius 2 is 1.71 bits per heavy atom. The second-order valence-corrected chi connectivity index (χ2v) is 6.53. The minimum atomic E-state index is -1.38. The number of carbonyl (C=O) groups is 3. The van der Waals surface area contributed by atoms with E-state index in [4.69, 9.17) is 0 Å². The SMILES string of the molecule is Cc1ccc(C(O)=C2C(=O)C(=O)N(CCC(=O)[O-])[C@@H]2c2ccc(F)cc2)cc1. The predicted octanol–water partition coefficient (Wildman–Crippen LogP) is 1.70. The fourth-order valence-corrected chi connectivity index (χ4v) is 3.18. The van der Waals surface area contributed by atoms with Crippen LogP contribution < -0.4 is 5.11 Å². The van der Waals surface area contributed by atoms with Crippen molar-refractivity contribution < 1.29 is 29.0 Å². The van der Waals surface area contributed by atoms with Crippen LogP contribution >= 0.6 is 0 Å². The summed E-state index contributed by atoms with van der Waals surface area (Å²) >= 11 is 0. The average molecular weight is 382 g/mol. The molecule has 1 aliphatic rings. The number of Topliss-reactive ketones (excluding diaryl/α,β-unsaturated/α-hetero) is 1. The number of ketones is 1. The zero-order valence-corrected chi connectivity index (χ0v) is 15.0. The summed E-state index contributed by atoms with van der Waals surface area (Å²) in [5.74, 6) is -4.11. The lowest BCUT2D eigenvalue weighted by atomic mass is 9.95. The van der Waals surface area contributed by atoms with Crippen LogP contribution in [-0.4, -0.2) is 34.2 Å². The number of aliphatic carboxylic acids is 1. The number of hydrogen-bond acceptors (Lipinski definition) is 5.